The molecule has 5 nitrogen and oxygen atoms in total. The van der Waals surface area contributed by atoms with Crippen LogP contribution in [0.1, 0.15) is 19.8 Å². The summed E-state index contributed by atoms with van der Waals surface area (Å²) >= 11 is 12.2. The monoisotopic (exact) mass is 369 g/mol. The van der Waals surface area contributed by atoms with Gasteiger partial charge in [-0.1, -0.05) is 36.2 Å². The molecule has 2 aliphatic rings. The van der Waals surface area contributed by atoms with Crippen molar-refractivity contribution < 1.29 is 9.59 Å². The summed E-state index contributed by atoms with van der Waals surface area (Å²) in [6.07, 6.45) is 1.15. The first kappa shape index (κ1) is 17.5. The predicted octanol–water partition coefficient (Wildman–Crippen LogP) is 2.88. The van der Waals surface area contributed by atoms with Crippen LogP contribution in [0.4, 0.5) is 5.69 Å². The number of halogens is 2. The SMILES string of the molecule is CCN1CCN(C(=O)C2(C(=O)Nc3c(Cl)cccc3Cl)CC2)CC1. The van der Waals surface area contributed by atoms with Gasteiger partial charge < -0.3 is 15.1 Å². The highest BCUT2D eigenvalue weighted by molar-refractivity contribution is 6.40. The molecule has 3 rings (SSSR count). The Balaban J connectivity index is 1.69. The molecule has 0 unspecified atom stereocenters. The molecule has 0 aromatic heterocycles. The number of rotatable bonds is 4. The summed E-state index contributed by atoms with van der Waals surface area (Å²) in [6, 6.07) is 5.04. The van der Waals surface area contributed by atoms with E-state index in [1.165, 1.54) is 0 Å². The first-order valence-electron chi connectivity index (χ1n) is 8.25. The first-order chi connectivity index (χ1) is 11.5. The summed E-state index contributed by atoms with van der Waals surface area (Å²) in [5.41, 5.74) is -0.572. The zero-order chi connectivity index (χ0) is 17.3. The number of nitrogens with zero attached hydrogens (tertiary/aromatic N) is 2. The number of anilines is 1. The second-order valence-electron chi connectivity index (χ2n) is 6.36. The molecule has 130 valence electrons. The summed E-state index contributed by atoms with van der Waals surface area (Å²) in [5.74, 6) is -0.376. The maximum atomic E-state index is 12.9. The van der Waals surface area contributed by atoms with Crippen molar-refractivity contribution in [2.75, 3.05) is 38.0 Å². The number of para-hydroxylation sites is 1. The van der Waals surface area contributed by atoms with E-state index in [9.17, 15) is 9.59 Å². The van der Waals surface area contributed by atoms with Crippen molar-refractivity contribution in [1.82, 2.24) is 9.80 Å². The lowest BCUT2D eigenvalue weighted by molar-refractivity contribution is -0.143. The number of carbonyl (C=O) groups excluding carboxylic acids is 2. The topological polar surface area (TPSA) is 52.7 Å². The third-order valence-electron chi connectivity index (χ3n) is 4.90. The van der Waals surface area contributed by atoms with Crippen molar-refractivity contribution in [3.05, 3.63) is 28.2 Å². The lowest BCUT2D eigenvalue weighted by Gasteiger charge is -2.35. The summed E-state index contributed by atoms with van der Waals surface area (Å²) in [4.78, 5) is 29.7. The zero-order valence-electron chi connectivity index (χ0n) is 13.6. The van der Waals surface area contributed by atoms with Crippen molar-refractivity contribution in [2.45, 2.75) is 19.8 Å². The number of hydrogen-bond donors (Lipinski definition) is 1. The Labute approximate surface area is 151 Å². The molecular formula is C17H21Cl2N3O2. The maximum Gasteiger partial charge on any atom is 0.240 e. The number of piperazine rings is 1. The van der Waals surface area contributed by atoms with Crippen LogP contribution in [0, 0.1) is 5.41 Å². The molecular weight excluding hydrogens is 349 g/mol. The fourth-order valence-electron chi connectivity index (χ4n) is 3.08. The van der Waals surface area contributed by atoms with Crippen LogP contribution in [0.3, 0.4) is 0 Å². The van der Waals surface area contributed by atoms with E-state index in [0.717, 1.165) is 19.6 Å². The van der Waals surface area contributed by atoms with Crippen LogP contribution in [0.5, 0.6) is 0 Å². The Morgan fingerprint density at radius 1 is 1.12 bits per heavy atom. The predicted molar refractivity (Wildman–Crippen MR) is 95.5 cm³/mol. The number of amides is 2. The number of benzene rings is 1. The maximum absolute atomic E-state index is 12.9. The molecule has 1 N–H and O–H groups in total. The third kappa shape index (κ3) is 3.25. The number of nitrogens with one attached hydrogen (secondary N) is 1. The molecule has 1 aliphatic carbocycles. The van der Waals surface area contributed by atoms with Gasteiger partial charge in [0.05, 0.1) is 15.7 Å². The smallest absolute Gasteiger partial charge is 0.240 e. The molecule has 1 heterocycles. The van der Waals surface area contributed by atoms with Crippen molar-refractivity contribution in [3.8, 4) is 0 Å². The van der Waals surface area contributed by atoms with Crippen LogP contribution >= 0.6 is 23.2 Å². The molecule has 0 atom stereocenters. The van der Waals surface area contributed by atoms with E-state index >= 15 is 0 Å². The highest BCUT2D eigenvalue weighted by Gasteiger charge is 2.58. The molecule has 7 heteroatoms. The quantitative estimate of drug-likeness (QED) is 0.830. The standard InChI is InChI=1S/C17H21Cl2N3O2/c1-2-21-8-10-22(11-9-21)16(24)17(6-7-17)15(23)20-14-12(18)4-3-5-13(14)19/h3-5H,2,6-11H2,1H3,(H,20,23). The van der Waals surface area contributed by atoms with Gasteiger partial charge in [0.15, 0.2) is 0 Å². The molecule has 1 aromatic rings. The fraction of sp³-hybridized carbons (Fsp3) is 0.529. The van der Waals surface area contributed by atoms with Gasteiger partial charge in [-0.3, -0.25) is 9.59 Å². The van der Waals surface area contributed by atoms with Crippen molar-refractivity contribution >= 4 is 40.7 Å². The largest absolute Gasteiger partial charge is 0.339 e. The van der Waals surface area contributed by atoms with E-state index < -0.39 is 5.41 Å². The van der Waals surface area contributed by atoms with Gasteiger partial charge in [-0.2, -0.15) is 0 Å². The molecule has 0 radical (unpaired) electrons. The Morgan fingerprint density at radius 3 is 2.21 bits per heavy atom. The fourth-order valence-corrected chi connectivity index (χ4v) is 3.58. The van der Waals surface area contributed by atoms with E-state index in [4.69, 9.17) is 23.2 Å². The minimum atomic E-state index is -0.948. The Kier molecular flexibility index (Phi) is 5.04. The van der Waals surface area contributed by atoms with Gasteiger partial charge in [0.1, 0.15) is 5.41 Å². The van der Waals surface area contributed by atoms with Gasteiger partial charge in [-0.05, 0) is 31.5 Å². The summed E-state index contributed by atoms with van der Waals surface area (Å²) < 4.78 is 0. The average Bonchev–Trinajstić information content (AvgIpc) is 3.39. The van der Waals surface area contributed by atoms with Crippen LogP contribution in [0.15, 0.2) is 18.2 Å². The van der Waals surface area contributed by atoms with E-state index in [1.807, 2.05) is 4.90 Å². The van der Waals surface area contributed by atoms with Gasteiger partial charge in [-0.25, -0.2) is 0 Å². The highest BCUT2D eigenvalue weighted by atomic mass is 35.5. The average molecular weight is 370 g/mol. The lowest BCUT2D eigenvalue weighted by Crippen LogP contribution is -2.52. The number of carbonyl (C=O) groups is 2. The lowest BCUT2D eigenvalue weighted by atomic mass is 10.0. The highest BCUT2D eigenvalue weighted by Crippen LogP contribution is 2.49. The van der Waals surface area contributed by atoms with E-state index in [1.54, 1.807) is 18.2 Å². The van der Waals surface area contributed by atoms with Crippen molar-refractivity contribution in [3.63, 3.8) is 0 Å². The molecule has 2 fully saturated rings. The van der Waals surface area contributed by atoms with Gasteiger partial charge >= 0.3 is 0 Å². The van der Waals surface area contributed by atoms with E-state index in [-0.39, 0.29) is 11.8 Å². The van der Waals surface area contributed by atoms with Crippen molar-refractivity contribution in [1.29, 1.82) is 0 Å². The zero-order valence-corrected chi connectivity index (χ0v) is 15.2. The van der Waals surface area contributed by atoms with Gasteiger partial charge in [0.25, 0.3) is 0 Å². The summed E-state index contributed by atoms with van der Waals surface area (Å²) in [5, 5.41) is 3.50. The van der Waals surface area contributed by atoms with E-state index in [2.05, 4.69) is 17.1 Å². The molecule has 24 heavy (non-hydrogen) atoms. The second kappa shape index (κ2) is 6.90. The van der Waals surface area contributed by atoms with Crippen LogP contribution in [0.25, 0.3) is 0 Å². The molecule has 0 bridgehead atoms. The molecule has 0 spiro atoms. The van der Waals surface area contributed by atoms with Crippen LogP contribution < -0.4 is 5.32 Å². The molecule has 1 saturated carbocycles. The molecule has 1 saturated heterocycles. The second-order valence-corrected chi connectivity index (χ2v) is 7.17. The Morgan fingerprint density at radius 2 is 1.71 bits per heavy atom. The molecule has 2 amide bonds. The van der Waals surface area contributed by atoms with E-state index in [0.29, 0.717) is 41.7 Å². The summed E-state index contributed by atoms with van der Waals surface area (Å²) in [6.45, 7) is 6.16. The van der Waals surface area contributed by atoms with Crippen molar-refractivity contribution in [2.24, 2.45) is 5.41 Å². The van der Waals surface area contributed by atoms with Gasteiger partial charge in [0, 0.05) is 26.2 Å². The number of hydrogen-bond acceptors (Lipinski definition) is 3. The minimum absolute atomic E-state index is 0.0704. The Hall–Kier alpha value is -1.30. The molecule has 1 aliphatic heterocycles. The van der Waals surface area contributed by atoms with Gasteiger partial charge in [0.2, 0.25) is 11.8 Å². The minimum Gasteiger partial charge on any atom is -0.339 e. The third-order valence-corrected chi connectivity index (χ3v) is 5.53. The normalized spacial score (nSPS) is 19.9. The van der Waals surface area contributed by atoms with Gasteiger partial charge in [-0.15, -0.1) is 0 Å². The van der Waals surface area contributed by atoms with Crippen LogP contribution in [0.2, 0.25) is 10.0 Å². The number of likely N-dealkylation sites (N-methyl/N-ethyl adjacent to an activating group) is 1. The van der Waals surface area contributed by atoms with Crippen LogP contribution in [-0.2, 0) is 9.59 Å². The summed E-state index contributed by atoms with van der Waals surface area (Å²) in [7, 11) is 0. The first-order valence-corrected chi connectivity index (χ1v) is 9.01. The Bertz CT molecular complexity index is 633. The molecule has 1 aromatic carbocycles. The van der Waals surface area contributed by atoms with Crippen LogP contribution in [-0.4, -0.2) is 54.3 Å².